The fourth-order valence-electron chi connectivity index (χ4n) is 0.899. The lowest BCUT2D eigenvalue weighted by Crippen LogP contribution is -2.42. The van der Waals surface area contributed by atoms with Crippen molar-refractivity contribution in [1.82, 2.24) is 0 Å². The smallest absolute Gasteiger partial charge is 0.328 e. The normalized spacial score (nSPS) is 15.6. The van der Waals surface area contributed by atoms with Crippen molar-refractivity contribution in [2.75, 3.05) is 0 Å². The first kappa shape index (κ1) is 14.4. The second kappa shape index (κ2) is 4.94. The van der Waals surface area contributed by atoms with Crippen LogP contribution < -0.4 is 0 Å². The van der Waals surface area contributed by atoms with Gasteiger partial charge < -0.3 is 9.53 Å². The number of hydrogen-bond acceptors (Lipinski definition) is 2. The highest BCUT2D eigenvalue weighted by Crippen LogP contribution is 2.37. The summed E-state index contributed by atoms with van der Waals surface area (Å²) in [5.41, 5.74) is 0. The molecule has 0 aromatic rings. The number of carboxylic acid groups (broad SMARTS) is 1. The average Bonchev–Trinajstić information content (AvgIpc) is 1.97. The van der Waals surface area contributed by atoms with Crippen molar-refractivity contribution in [2.45, 2.75) is 51.9 Å². The second-order valence-corrected chi connectivity index (χ2v) is 10.0. The van der Waals surface area contributed by atoms with E-state index in [1.807, 2.05) is 6.92 Å². The Hall–Kier alpha value is -0.613. The van der Waals surface area contributed by atoms with Crippen molar-refractivity contribution in [3.63, 3.8) is 0 Å². The second-order valence-electron chi connectivity index (χ2n) is 5.28. The molecule has 0 aliphatic heterocycles. The van der Waals surface area contributed by atoms with Crippen LogP contribution in [0.2, 0.25) is 18.1 Å². The van der Waals surface area contributed by atoms with Crippen LogP contribution in [0.1, 0.15) is 27.7 Å². The summed E-state index contributed by atoms with van der Waals surface area (Å²) in [5, 5.41) is 8.64. The predicted molar refractivity (Wildman–Crippen MR) is 64.5 cm³/mol. The maximum Gasteiger partial charge on any atom is 0.328 e. The molecule has 0 heterocycles. The van der Waals surface area contributed by atoms with E-state index in [1.54, 1.807) is 6.08 Å². The molecule has 0 rings (SSSR count). The molecule has 0 spiro atoms. The zero-order valence-corrected chi connectivity index (χ0v) is 11.5. The molecule has 88 valence electrons. The van der Waals surface area contributed by atoms with Crippen LogP contribution in [0.5, 0.6) is 0 Å². The van der Waals surface area contributed by atoms with Crippen LogP contribution in [0.25, 0.3) is 0 Å². The first-order valence-electron chi connectivity index (χ1n) is 5.15. The van der Waals surface area contributed by atoms with Crippen LogP contribution in [0.4, 0.5) is 0 Å². The van der Waals surface area contributed by atoms with E-state index < -0.39 is 14.3 Å². The Kier molecular flexibility index (Phi) is 4.74. The number of carboxylic acids is 1. The van der Waals surface area contributed by atoms with E-state index in [-0.39, 0.29) is 11.1 Å². The van der Waals surface area contributed by atoms with Gasteiger partial charge in [-0.1, -0.05) is 26.8 Å². The van der Waals surface area contributed by atoms with Gasteiger partial charge in [-0.15, -0.1) is 0 Å². The fourth-order valence-corrected chi connectivity index (χ4v) is 2.26. The Balaban J connectivity index is 4.41. The molecule has 0 saturated heterocycles. The van der Waals surface area contributed by atoms with E-state index in [4.69, 9.17) is 9.53 Å². The van der Waals surface area contributed by atoms with Gasteiger partial charge in [0.15, 0.2) is 8.32 Å². The van der Waals surface area contributed by atoms with E-state index >= 15 is 0 Å². The first-order chi connectivity index (χ1) is 6.56. The number of carbonyl (C=O) groups is 1. The molecular formula is C11H22O3Si. The van der Waals surface area contributed by atoms with Gasteiger partial charge in [0.2, 0.25) is 0 Å². The van der Waals surface area contributed by atoms with Crippen LogP contribution in [0.15, 0.2) is 12.2 Å². The van der Waals surface area contributed by atoms with Crippen molar-refractivity contribution in [3.05, 3.63) is 12.2 Å². The molecule has 0 fully saturated rings. The van der Waals surface area contributed by atoms with Gasteiger partial charge in [0.05, 0.1) is 6.10 Å². The molecule has 0 aliphatic rings. The summed E-state index contributed by atoms with van der Waals surface area (Å²) in [7, 11) is -1.78. The van der Waals surface area contributed by atoms with Gasteiger partial charge in [0, 0.05) is 6.08 Å². The van der Waals surface area contributed by atoms with Crippen molar-refractivity contribution >= 4 is 14.3 Å². The molecule has 0 aromatic carbocycles. The molecule has 3 nitrogen and oxygen atoms in total. The summed E-state index contributed by atoms with van der Waals surface area (Å²) in [5.74, 6) is -0.930. The lowest BCUT2D eigenvalue weighted by molar-refractivity contribution is -0.131. The molecule has 4 heteroatoms. The summed E-state index contributed by atoms with van der Waals surface area (Å²) in [6.07, 6.45) is 2.59. The monoisotopic (exact) mass is 230 g/mol. The Morgan fingerprint density at radius 3 is 2.20 bits per heavy atom. The highest BCUT2D eigenvalue weighted by atomic mass is 28.4. The number of hydrogen-bond donors (Lipinski definition) is 1. The summed E-state index contributed by atoms with van der Waals surface area (Å²) >= 11 is 0. The zero-order chi connectivity index (χ0) is 12.3. The maximum absolute atomic E-state index is 10.3. The summed E-state index contributed by atoms with van der Waals surface area (Å²) < 4.78 is 5.94. The van der Waals surface area contributed by atoms with E-state index in [0.29, 0.717) is 0 Å². The van der Waals surface area contributed by atoms with Crippen molar-refractivity contribution in [3.8, 4) is 0 Å². The Labute approximate surface area is 93.3 Å². The molecule has 0 amide bonds. The van der Waals surface area contributed by atoms with Gasteiger partial charge in [-0.25, -0.2) is 4.79 Å². The van der Waals surface area contributed by atoms with E-state index in [9.17, 15) is 4.79 Å². The molecule has 0 unspecified atom stereocenters. The fraction of sp³-hybridized carbons (Fsp3) is 0.727. The highest BCUT2D eigenvalue weighted by Gasteiger charge is 2.37. The van der Waals surface area contributed by atoms with Crippen LogP contribution >= 0.6 is 0 Å². The Morgan fingerprint density at radius 2 is 1.87 bits per heavy atom. The van der Waals surface area contributed by atoms with Gasteiger partial charge in [-0.3, -0.25) is 0 Å². The number of rotatable bonds is 4. The number of aliphatic carboxylic acids is 1. The van der Waals surface area contributed by atoms with Crippen LogP contribution in [0, 0.1) is 0 Å². The van der Waals surface area contributed by atoms with Gasteiger partial charge >= 0.3 is 5.97 Å². The standard InChI is InChI=1S/C11H22O3Si/c1-9(7-8-10(12)13)14-15(5,6)11(2,3)4/h7-9H,1-6H3,(H,12,13)/t9-/m0/s1. The Bertz CT molecular complexity index is 251. The summed E-state index contributed by atoms with van der Waals surface area (Å²) in [4.78, 5) is 10.3. The minimum atomic E-state index is -1.78. The van der Waals surface area contributed by atoms with Crippen molar-refractivity contribution in [2.24, 2.45) is 0 Å². The van der Waals surface area contributed by atoms with Crippen LogP contribution in [0.3, 0.4) is 0 Å². The molecule has 1 atom stereocenters. The lowest BCUT2D eigenvalue weighted by atomic mass is 10.2. The molecule has 0 saturated carbocycles. The van der Waals surface area contributed by atoms with E-state index in [2.05, 4.69) is 33.9 Å². The van der Waals surface area contributed by atoms with E-state index in [0.717, 1.165) is 6.08 Å². The molecular weight excluding hydrogens is 208 g/mol. The topological polar surface area (TPSA) is 46.5 Å². The third-order valence-corrected chi connectivity index (χ3v) is 7.37. The maximum atomic E-state index is 10.3. The molecule has 1 N–H and O–H groups in total. The minimum absolute atomic E-state index is 0.137. The quantitative estimate of drug-likeness (QED) is 0.596. The van der Waals surface area contributed by atoms with Crippen molar-refractivity contribution < 1.29 is 14.3 Å². The van der Waals surface area contributed by atoms with Gasteiger partial charge in [-0.05, 0) is 25.1 Å². The van der Waals surface area contributed by atoms with Crippen molar-refractivity contribution in [1.29, 1.82) is 0 Å². The SMILES string of the molecule is C[C@@H](C=CC(=O)O)O[Si](C)(C)C(C)(C)C. The summed E-state index contributed by atoms with van der Waals surface area (Å²) in [6.45, 7) is 12.7. The van der Waals surface area contributed by atoms with Crippen LogP contribution in [-0.2, 0) is 9.22 Å². The summed E-state index contributed by atoms with van der Waals surface area (Å²) in [6, 6.07) is 0. The molecule has 0 aliphatic carbocycles. The molecule has 15 heavy (non-hydrogen) atoms. The molecule has 0 radical (unpaired) electrons. The van der Waals surface area contributed by atoms with E-state index in [1.165, 1.54) is 0 Å². The zero-order valence-electron chi connectivity index (χ0n) is 10.5. The van der Waals surface area contributed by atoms with Gasteiger partial charge in [-0.2, -0.15) is 0 Å². The third kappa shape index (κ3) is 5.13. The third-order valence-electron chi connectivity index (χ3n) is 2.80. The molecule has 0 aromatic heterocycles. The van der Waals surface area contributed by atoms with Gasteiger partial charge in [0.25, 0.3) is 0 Å². The predicted octanol–water partition coefficient (Wildman–Crippen LogP) is 3.04. The van der Waals surface area contributed by atoms with Gasteiger partial charge in [0.1, 0.15) is 0 Å². The highest BCUT2D eigenvalue weighted by molar-refractivity contribution is 6.74. The minimum Gasteiger partial charge on any atom is -0.478 e. The Morgan fingerprint density at radius 1 is 1.40 bits per heavy atom. The van der Waals surface area contributed by atoms with Crippen LogP contribution in [-0.4, -0.2) is 25.5 Å². The average molecular weight is 230 g/mol. The lowest BCUT2D eigenvalue weighted by Gasteiger charge is -2.37. The largest absolute Gasteiger partial charge is 0.478 e. The first-order valence-corrected chi connectivity index (χ1v) is 8.06. The molecule has 0 bridgehead atoms.